The van der Waals surface area contributed by atoms with Gasteiger partial charge >= 0.3 is 0 Å². The topological polar surface area (TPSA) is 64.3 Å². The molecule has 1 aromatic carbocycles. The molecule has 0 bridgehead atoms. The largest absolute Gasteiger partial charge is 0.397 e. The monoisotopic (exact) mass is 286 g/mol. The Morgan fingerprint density at radius 3 is 2.81 bits per heavy atom. The number of methoxy groups -OCH3 is 1. The van der Waals surface area contributed by atoms with Gasteiger partial charge in [-0.3, -0.25) is 4.79 Å². The number of halogens is 1. The third-order valence-electron chi connectivity index (χ3n) is 2.06. The molecule has 0 spiro atoms. The van der Waals surface area contributed by atoms with Gasteiger partial charge in [0.25, 0.3) is 0 Å². The number of rotatable bonds is 4. The van der Waals surface area contributed by atoms with Crippen LogP contribution in [0.5, 0.6) is 0 Å². The fraction of sp³-hybridized carbons (Fsp3) is 0.364. The molecule has 0 saturated heterocycles. The lowest BCUT2D eigenvalue weighted by Gasteiger charge is -2.11. The van der Waals surface area contributed by atoms with E-state index in [2.05, 4.69) is 21.2 Å². The summed E-state index contributed by atoms with van der Waals surface area (Å²) in [7, 11) is 1.56. The second kappa shape index (κ2) is 5.86. The Balaban J connectivity index is 2.77. The van der Waals surface area contributed by atoms with E-state index in [-0.39, 0.29) is 5.91 Å². The number of carbonyl (C=O) groups is 1. The number of amides is 1. The SMILES string of the molecule is COCCC(=O)Nc1c(N)cc(C)cc1Br. The summed E-state index contributed by atoms with van der Waals surface area (Å²) < 4.78 is 5.61. The van der Waals surface area contributed by atoms with Crippen LogP contribution in [0.3, 0.4) is 0 Å². The molecular weight excluding hydrogens is 272 g/mol. The first-order valence-electron chi connectivity index (χ1n) is 4.89. The predicted octanol–water partition coefficient (Wildman–Crippen LogP) is 2.31. The number of benzene rings is 1. The van der Waals surface area contributed by atoms with E-state index in [4.69, 9.17) is 10.5 Å². The van der Waals surface area contributed by atoms with Crippen LogP contribution in [0.2, 0.25) is 0 Å². The Hall–Kier alpha value is -1.07. The van der Waals surface area contributed by atoms with Crippen molar-refractivity contribution in [2.45, 2.75) is 13.3 Å². The molecule has 5 heteroatoms. The average Bonchev–Trinajstić information content (AvgIpc) is 2.20. The smallest absolute Gasteiger partial charge is 0.226 e. The Kier molecular flexibility index (Phi) is 4.76. The summed E-state index contributed by atoms with van der Waals surface area (Å²) in [5.41, 5.74) is 8.03. The van der Waals surface area contributed by atoms with Crippen molar-refractivity contribution in [1.82, 2.24) is 0 Å². The minimum absolute atomic E-state index is 0.113. The molecule has 1 rings (SSSR count). The van der Waals surface area contributed by atoms with Gasteiger partial charge in [0.2, 0.25) is 5.91 Å². The van der Waals surface area contributed by atoms with Gasteiger partial charge in [0, 0.05) is 11.6 Å². The molecule has 0 saturated carbocycles. The van der Waals surface area contributed by atoms with Crippen molar-refractivity contribution in [2.24, 2.45) is 0 Å². The van der Waals surface area contributed by atoms with Crippen LogP contribution in [0.4, 0.5) is 11.4 Å². The molecule has 4 nitrogen and oxygen atoms in total. The third kappa shape index (κ3) is 3.50. The molecule has 88 valence electrons. The number of anilines is 2. The van der Waals surface area contributed by atoms with Gasteiger partial charge in [0.1, 0.15) is 0 Å². The van der Waals surface area contributed by atoms with Crippen molar-refractivity contribution in [2.75, 3.05) is 24.8 Å². The summed E-state index contributed by atoms with van der Waals surface area (Å²) in [6.07, 6.45) is 0.316. The normalized spacial score (nSPS) is 10.2. The second-order valence-corrected chi connectivity index (χ2v) is 4.36. The zero-order valence-electron chi connectivity index (χ0n) is 9.34. The van der Waals surface area contributed by atoms with Gasteiger partial charge in [0.05, 0.1) is 24.4 Å². The van der Waals surface area contributed by atoms with Gasteiger partial charge in [-0.1, -0.05) is 0 Å². The van der Waals surface area contributed by atoms with Crippen molar-refractivity contribution in [3.05, 3.63) is 22.2 Å². The van der Waals surface area contributed by atoms with Crippen LogP contribution in [-0.4, -0.2) is 19.6 Å². The minimum atomic E-state index is -0.113. The predicted molar refractivity (Wildman–Crippen MR) is 68.4 cm³/mol. The summed E-state index contributed by atoms with van der Waals surface area (Å²) in [6.45, 7) is 2.34. The van der Waals surface area contributed by atoms with E-state index in [0.29, 0.717) is 24.4 Å². The lowest BCUT2D eigenvalue weighted by atomic mass is 10.2. The summed E-state index contributed by atoms with van der Waals surface area (Å²) >= 11 is 3.37. The Labute approximate surface area is 103 Å². The van der Waals surface area contributed by atoms with Crippen LogP contribution in [0.25, 0.3) is 0 Å². The number of aryl methyl sites for hydroxylation is 1. The van der Waals surface area contributed by atoms with Crippen molar-refractivity contribution >= 4 is 33.2 Å². The molecule has 1 amide bonds. The first kappa shape index (κ1) is 13.0. The molecule has 0 aliphatic rings. The maximum Gasteiger partial charge on any atom is 0.226 e. The maximum atomic E-state index is 11.5. The molecule has 16 heavy (non-hydrogen) atoms. The average molecular weight is 287 g/mol. The van der Waals surface area contributed by atoms with Crippen LogP contribution < -0.4 is 11.1 Å². The highest BCUT2D eigenvalue weighted by atomic mass is 79.9. The zero-order valence-corrected chi connectivity index (χ0v) is 10.9. The molecule has 0 atom stereocenters. The second-order valence-electron chi connectivity index (χ2n) is 3.50. The molecule has 0 heterocycles. The van der Waals surface area contributed by atoms with Crippen LogP contribution in [0, 0.1) is 6.92 Å². The van der Waals surface area contributed by atoms with E-state index < -0.39 is 0 Å². The Bertz CT molecular complexity index is 371. The van der Waals surface area contributed by atoms with Crippen LogP contribution in [0.15, 0.2) is 16.6 Å². The minimum Gasteiger partial charge on any atom is -0.397 e. The fourth-order valence-corrected chi connectivity index (χ4v) is 1.99. The van der Waals surface area contributed by atoms with E-state index in [0.717, 1.165) is 10.0 Å². The number of nitrogens with two attached hydrogens (primary N) is 1. The van der Waals surface area contributed by atoms with Crippen molar-refractivity contribution in [3.8, 4) is 0 Å². The van der Waals surface area contributed by atoms with E-state index in [9.17, 15) is 4.79 Å². The zero-order chi connectivity index (χ0) is 12.1. The number of hydrogen-bond acceptors (Lipinski definition) is 3. The van der Waals surface area contributed by atoms with Gasteiger partial charge in [0.15, 0.2) is 0 Å². The van der Waals surface area contributed by atoms with Gasteiger partial charge < -0.3 is 15.8 Å². The molecule has 0 unspecified atom stereocenters. The van der Waals surface area contributed by atoms with Gasteiger partial charge in [-0.25, -0.2) is 0 Å². The van der Waals surface area contributed by atoms with E-state index in [1.807, 2.05) is 19.1 Å². The van der Waals surface area contributed by atoms with Crippen molar-refractivity contribution < 1.29 is 9.53 Å². The van der Waals surface area contributed by atoms with E-state index >= 15 is 0 Å². The maximum absolute atomic E-state index is 11.5. The molecular formula is C11H15BrN2O2. The number of nitrogen functional groups attached to an aromatic ring is 1. The van der Waals surface area contributed by atoms with Crippen LogP contribution in [-0.2, 0) is 9.53 Å². The molecule has 1 aromatic rings. The molecule has 0 radical (unpaired) electrons. The number of nitrogens with one attached hydrogen (secondary N) is 1. The first-order chi connectivity index (χ1) is 7.54. The van der Waals surface area contributed by atoms with E-state index in [1.165, 1.54) is 0 Å². The number of hydrogen-bond donors (Lipinski definition) is 2. The highest BCUT2D eigenvalue weighted by Gasteiger charge is 2.09. The molecule has 3 N–H and O–H groups in total. The van der Waals surface area contributed by atoms with Gasteiger partial charge in [-0.05, 0) is 40.5 Å². The Morgan fingerprint density at radius 2 is 2.25 bits per heavy atom. The highest BCUT2D eigenvalue weighted by Crippen LogP contribution is 2.30. The summed E-state index contributed by atoms with van der Waals surface area (Å²) in [5, 5.41) is 2.75. The van der Waals surface area contributed by atoms with Crippen LogP contribution >= 0.6 is 15.9 Å². The van der Waals surface area contributed by atoms with Crippen LogP contribution in [0.1, 0.15) is 12.0 Å². The molecule has 0 fully saturated rings. The first-order valence-corrected chi connectivity index (χ1v) is 5.68. The lowest BCUT2D eigenvalue weighted by molar-refractivity contribution is -0.117. The Morgan fingerprint density at radius 1 is 1.56 bits per heavy atom. The molecule has 0 aliphatic carbocycles. The fourth-order valence-electron chi connectivity index (χ4n) is 1.30. The summed E-state index contributed by atoms with van der Waals surface area (Å²) in [4.78, 5) is 11.5. The number of carbonyl (C=O) groups excluding carboxylic acids is 1. The molecule has 0 aromatic heterocycles. The summed E-state index contributed by atoms with van der Waals surface area (Å²) in [5.74, 6) is -0.113. The summed E-state index contributed by atoms with van der Waals surface area (Å²) in [6, 6.07) is 3.72. The lowest BCUT2D eigenvalue weighted by Crippen LogP contribution is -2.15. The molecule has 0 aliphatic heterocycles. The van der Waals surface area contributed by atoms with E-state index in [1.54, 1.807) is 7.11 Å². The van der Waals surface area contributed by atoms with Gasteiger partial charge in [-0.2, -0.15) is 0 Å². The van der Waals surface area contributed by atoms with Crippen molar-refractivity contribution in [3.63, 3.8) is 0 Å². The van der Waals surface area contributed by atoms with Crippen molar-refractivity contribution in [1.29, 1.82) is 0 Å². The number of ether oxygens (including phenoxy) is 1. The third-order valence-corrected chi connectivity index (χ3v) is 2.69. The highest BCUT2D eigenvalue weighted by molar-refractivity contribution is 9.10. The van der Waals surface area contributed by atoms with Gasteiger partial charge in [-0.15, -0.1) is 0 Å². The quantitative estimate of drug-likeness (QED) is 0.835. The standard InChI is InChI=1S/C11H15BrN2O2/c1-7-5-8(12)11(9(13)6-7)14-10(15)3-4-16-2/h5-6H,3-4,13H2,1-2H3,(H,14,15).